The fraction of sp³-hybridized carbons (Fsp3) is 0.0500. The summed E-state index contributed by atoms with van der Waals surface area (Å²) in [5, 5.41) is 14.7. The van der Waals surface area contributed by atoms with Crippen LogP contribution in [0.15, 0.2) is 66.9 Å². The van der Waals surface area contributed by atoms with Crippen LogP contribution in [-0.4, -0.2) is 10.9 Å². The fourth-order valence-electron chi connectivity index (χ4n) is 2.39. The van der Waals surface area contributed by atoms with Crippen molar-refractivity contribution in [3.8, 4) is 6.07 Å². The van der Waals surface area contributed by atoms with Crippen LogP contribution in [0.2, 0.25) is 0 Å². The molecule has 0 aliphatic rings. The molecule has 0 bridgehead atoms. The highest BCUT2D eigenvalue weighted by Gasteiger charge is 2.30. The van der Waals surface area contributed by atoms with Crippen LogP contribution in [0.25, 0.3) is 0 Å². The van der Waals surface area contributed by atoms with Crippen LogP contribution < -0.4 is 10.6 Å². The van der Waals surface area contributed by atoms with Crippen LogP contribution in [0.3, 0.4) is 0 Å². The molecule has 0 atom stereocenters. The molecule has 0 saturated heterocycles. The second kappa shape index (κ2) is 7.80. The number of nitrogens with zero attached hydrogens (tertiary/aromatic N) is 2. The Morgan fingerprint density at radius 2 is 1.71 bits per heavy atom. The van der Waals surface area contributed by atoms with E-state index in [9.17, 15) is 18.0 Å². The van der Waals surface area contributed by atoms with E-state index in [1.165, 1.54) is 6.20 Å². The highest BCUT2D eigenvalue weighted by molar-refractivity contribution is 6.03. The average Bonchev–Trinajstić information content (AvgIpc) is 2.69. The van der Waals surface area contributed by atoms with Crippen LogP contribution in [-0.2, 0) is 6.18 Å². The second-order valence-corrected chi connectivity index (χ2v) is 5.74. The second-order valence-electron chi connectivity index (χ2n) is 5.74. The van der Waals surface area contributed by atoms with Gasteiger partial charge in [-0.2, -0.15) is 18.4 Å². The maximum absolute atomic E-state index is 12.6. The molecule has 0 unspecified atom stereocenters. The molecular formula is C20H13F3N4O. The molecule has 0 aliphatic heterocycles. The molecule has 28 heavy (non-hydrogen) atoms. The van der Waals surface area contributed by atoms with Gasteiger partial charge in [-0.05, 0) is 48.5 Å². The molecule has 140 valence electrons. The first kappa shape index (κ1) is 18.9. The normalized spacial score (nSPS) is 10.8. The van der Waals surface area contributed by atoms with Crippen molar-refractivity contribution < 1.29 is 18.0 Å². The van der Waals surface area contributed by atoms with Gasteiger partial charge in [0.1, 0.15) is 11.9 Å². The van der Waals surface area contributed by atoms with Gasteiger partial charge in [0.2, 0.25) is 0 Å². The lowest BCUT2D eigenvalue weighted by molar-refractivity contribution is -0.137. The van der Waals surface area contributed by atoms with Crippen molar-refractivity contribution >= 4 is 23.1 Å². The van der Waals surface area contributed by atoms with Crippen molar-refractivity contribution in [1.82, 2.24) is 4.98 Å². The Balaban J connectivity index is 1.67. The highest BCUT2D eigenvalue weighted by atomic mass is 19.4. The van der Waals surface area contributed by atoms with Gasteiger partial charge in [-0.3, -0.25) is 4.79 Å². The number of nitrogens with one attached hydrogen (secondary N) is 2. The van der Waals surface area contributed by atoms with Gasteiger partial charge < -0.3 is 10.6 Å². The van der Waals surface area contributed by atoms with Crippen LogP contribution in [0.4, 0.5) is 30.4 Å². The van der Waals surface area contributed by atoms with Gasteiger partial charge in [-0.1, -0.05) is 12.1 Å². The third-order valence-electron chi connectivity index (χ3n) is 3.81. The third-order valence-corrected chi connectivity index (χ3v) is 3.81. The molecule has 1 aromatic heterocycles. The van der Waals surface area contributed by atoms with Gasteiger partial charge in [0, 0.05) is 5.56 Å². The lowest BCUT2D eigenvalue weighted by atomic mass is 10.1. The minimum atomic E-state index is -4.45. The number of hydrogen-bond donors (Lipinski definition) is 2. The molecular weight excluding hydrogens is 369 g/mol. The smallest absolute Gasteiger partial charge is 0.353 e. The number of anilines is 3. The summed E-state index contributed by atoms with van der Waals surface area (Å²) >= 11 is 0. The summed E-state index contributed by atoms with van der Waals surface area (Å²) in [5.74, 6) is -0.333. The van der Waals surface area contributed by atoms with E-state index in [-0.39, 0.29) is 11.4 Å². The summed E-state index contributed by atoms with van der Waals surface area (Å²) in [6, 6.07) is 16.1. The van der Waals surface area contributed by atoms with Gasteiger partial charge in [0.15, 0.2) is 0 Å². The average molecular weight is 382 g/mol. The molecule has 0 spiro atoms. The van der Waals surface area contributed by atoms with E-state index < -0.39 is 17.6 Å². The van der Waals surface area contributed by atoms with E-state index in [2.05, 4.69) is 21.7 Å². The van der Waals surface area contributed by atoms with Crippen LogP contribution in [0, 0.1) is 11.3 Å². The zero-order valence-electron chi connectivity index (χ0n) is 14.3. The van der Waals surface area contributed by atoms with Gasteiger partial charge in [-0.25, -0.2) is 4.98 Å². The Hall–Kier alpha value is -3.86. The van der Waals surface area contributed by atoms with E-state index in [1.54, 1.807) is 36.4 Å². The van der Waals surface area contributed by atoms with E-state index in [1.807, 2.05) is 0 Å². The van der Waals surface area contributed by atoms with Crippen molar-refractivity contribution in [2.75, 3.05) is 10.6 Å². The van der Waals surface area contributed by atoms with E-state index in [0.29, 0.717) is 16.9 Å². The van der Waals surface area contributed by atoms with Crippen molar-refractivity contribution in [3.63, 3.8) is 0 Å². The van der Waals surface area contributed by atoms with Crippen molar-refractivity contribution in [3.05, 3.63) is 83.6 Å². The minimum absolute atomic E-state index is 0.0833. The van der Waals surface area contributed by atoms with Crippen molar-refractivity contribution in [2.45, 2.75) is 6.18 Å². The predicted octanol–water partition coefficient (Wildman–Crippen LogP) is 4.97. The Bertz CT molecular complexity index is 1020. The third kappa shape index (κ3) is 4.45. The first-order chi connectivity index (χ1) is 13.4. The van der Waals surface area contributed by atoms with Crippen molar-refractivity contribution in [2.24, 2.45) is 0 Å². The highest BCUT2D eigenvalue weighted by Crippen LogP contribution is 2.29. The lowest BCUT2D eigenvalue weighted by Crippen LogP contribution is -2.13. The molecule has 3 rings (SSSR count). The molecule has 8 heteroatoms. The fourth-order valence-corrected chi connectivity index (χ4v) is 2.39. The monoisotopic (exact) mass is 382 g/mol. The number of amides is 1. The van der Waals surface area contributed by atoms with Gasteiger partial charge >= 0.3 is 6.18 Å². The molecule has 0 aliphatic carbocycles. The van der Waals surface area contributed by atoms with Gasteiger partial charge in [0.05, 0.1) is 28.7 Å². The first-order valence-corrected chi connectivity index (χ1v) is 8.07. The summed E-state index contributed by atoms with van der Waals surface area (Å²) in [4.78, 5) is 16.2. The van der Waals surface area contributed by atoms with E-state index >= 15 is 0 Å². The molecule has 3 aromatic rings. The molecule has 0 saturated carbocycles. The number of aromatic nitrogens is 1. The molecule has 2 N–H and O–H groups in total. The zero-order chi connectivity index (χ0) is 20.1. The first-order valence-electron chi connectivity index (χ1n) is 8.07. The zero-order valence-corrected chi connectivity index (χ0v) is 14.3. The Morgan fingerprint density at radius 3 is 2.32 bits per heavy atom. The number of carbonyl (C=O) groups is 1. The quantitative estimate of drug-likeness (QED) is 0.668. The summed E-state index contributed by atoms with van der Waals surface area (Å²) in [7, 11) is 0. The standard InChI is InChI=1S/C20H13F3N4O/c21-20(22,23)15-7-5-13(6-8-15)19(28)27-18-10-9-16(12-25-18)26-17-4-2-1-3-14(17)11-24/h1-10,12,26H,(H,25,27,28). The molecule has 5 nitrogen and oxygen atoms in total. The topological polar surface area (TPSA) is 77.8 Å². The van der Waals surface area contributed by atoms with Gasteiger partial charge in [0.25, 0.3) is 5.91 Å². The number of rotatable bonds is 4. The maximum Gasteiger partial charge on any atom is 0.416 e. The van der Waals surface area contributed by atoms with E-state index in [4.69, 9.17) is 5.26 Å². The van der Waals surface area contributed by atoms with Gasteiger partial charge in [-0.15, -0.1) is 0 Å². The van der Waals surface area contributed by atoms with Crippen LogP contribution in [0.1, 0.15) is 21.5 Å². The Morgan fingerprint density at radius 1 is 1.00 bits per heavy atom. The van der Waals surface area contributed by atoms with Crippen LogP contribution in [0.5, 0.6) is 0 Å². The van der Waals surface area contributed by atoms with Crippen LogP contribution >= 0.6 is 0 Å². The number of halogens is 3. The number of para-hydroxylation sites is 1. The molecule has 2 aromatic carbocycles. The number of alkyl halides is 3. The number of hydrogen-bond acceptors (Lipinski definition) is 4. The summed E-state index contributed by atoms with van der Waals surface area (Å²) in [5.41, 5.74) is 0.959. The Labute approximate surface area is 158 Å². The summed E-state index contributed by atoms with van der Waals surface area (Å²) in [6.07, 6.45) is -2.99. The van der Waals surface area contributed by atoms with Crippen molar-refractivity contribution in [1.29, 1.82) is 5.26 Å². The lowest BCUT2D eigenvalue weighted by Gasteiger charge is -2.10. The number of carbonyl (C=O) groups excluding carboxylic acids is 1. The maximum atomic E-state index is 12.6. The predicted molar refractivity (Wildman–Crippen MR) is 98.1 cm³/mol. The molecule has 0 radical (unpaired) electrons. The molecule has 1 amide bonds. The number of benzene rings is 2. The summed E-state index contributed by atoms with van der Waals surface area (Å²) < 4.78 is 37.7. The minimum Gasteiger partial charge on any atom is -0.353 e. The number of pyridine rings is 1. The Kier molecular flexibility index (Phi) is 5.27. The number of nitriles is 1. The SMILES string of the molecule is N#Cc1ccccc1Nc1ccc(NC(=O)c2ccc(C(F)(F)F)cc2)nc1. The summed E-state index contributed by atoms with van der Waals surface area (Å²) in [6.45, 7) is 0. The van der Waals surface area contributed by atoms with E-state index in [0.717, 1.165) is 24.3 Å². The molecule has 1 heterocycles. The largest absolute Gasteiger partial charge is 0.416 e. The molecule has 0 fully saturated rings.